The molecule has 90 valence electrons. The van der Waals surface area contributed by atoms with Crippen molar-refractivity contribution in [3.63, 3.8) is 0 Å². The van der Waals surface area contributed by atoms with Crippen molar-refractivity contribution in [2.75, 3.05) is 13.7 Å². The van der Waals surface area contributed by atoms with Gasteiger partial charge in [-0.2, -0.15) is 0 Å². The highest BCUT2D eigenvalue weighted by atomic mass is 16.3. The number of rotatable bonds is 6. The van der Waals surface area contributed by atoms with E-state index in [1.54, 1.807) is 0 Å². The standard InChI is InChI=1S/C13H22N2O/c1-3-12(14)13(10-16)15(2)9-11-7-5-4-6-8-11/h4-8,12-13,16H,3,9-10,14H2,1-2H3. The van der Waals surface area contributed by atoms with Crippen LogP contribution in [0.4, 0.5) is 0 Å². The molecular formula is C13H22N2O. The van der Waals surface area contributed by atoms with E-state index in [0.29, 0.717) is 0 Å². The molecule has 0 aromatic heterocycles. The second kappa shape index (κ2) is 6.63. The van der Waals surface area contributed by atoms with Gasteiger partial charge in [-0.05, 0) is 19.0 Å². The minimum absolute atomic E-state index is 0.0266. The van der Waals surface area contributed by atoms with Gasteiger partial charge in [-0.15, -0.1) is 0 Å². The molecule has 1 aromatic carbocycles. The average Bonchev–Trinajstić information content (AvgIpc) is 2.31. The van der Waals surface area contributed by atoms with Crippen LogP contribution in [-0.4, -0.2) is 35.7 Å². The van der Waals surface area contributed by atoms with Gasteiger partial charge in [0.2, 0.25) is 0 Å². The minimum atomic E-state index is 0.0266. The van der Waals surface area contributed by atoms with E-state index >= 15 is 0 Å². The minimum Gasteiger partial charge on any atom is -0.395 e. The van der Waals surface area contributed by atoms with Crippen molar-refractivity contribution in [1.82, 2.24) is 4.90 Å². The zero-order valence-electron chi connectivity index (χ0n) is 10.1. The molecule has 0 spiro atoms. The lowest BCUT2D eigenvalue weighted by atomic mass is 10.1. The summed E-state index contributed by atoms with van der Waals surface area (Å²) in [5.74, 6) is 0. The van der Waals surface area contributed by atoms with Crippen LogP contribution in [-0.2, 0) is 6.54 Å². The van der Waals surface area contributed by atoms with Crippen LogP contribution in [0.25, 0.3) is 0 Å². The Labute approximate surface area is 97.9 Å². The van der Waals surface area contributed by atoms with E-state index in [0.717, 1.165) is 13.0 Å². The monoisotopic (exact) mass is 222 g/mol. The van der Waals surface area contributed by atoms with Gasteiger partial charge in [0.15, 0.2) is 0 Å². The normalized spacial score (nSPS) is 15.1. The summed E-state index contributed by atoms with van der Waals surface area (Å²) in [6, 6.07) is 10.3. The van der Waals surface area contributed by atoms with E-state index in [1.165, 1.54) is 5.56 Å². The molecule has 0 aliphatic heterocycles. The van der Waals surface area contributed by atoms with Gasteiger partial charge in [0.25, 0.3) is 0 Å². The molecule has 2 unspecified atom stereocenters. The summed E-state index contributed by atoms with van der Waals surface area (Å²) < 4.78 is 0. The third kappa shape index (κ3) is 3.59. The zero-order chi connectivity index (χ0) is 12.0. The molecule has 0 saturated heterocycles. The number of nitrogens with two attached hydrogens (primary N) is 1. The molecule has 0 aliphatic rings. The van der Waals surface area contributed by atoms with Crippen molar-refractivity contribution in [3.05, 3.63) is 35.9 Å². The molecule has 0 amide bonds. The highest BCUT2D eigenvalue weighted by Gasteiger charge is 2.19. The van der Waals surface area contributed by atoms with Crippen LogP contribution in [0, 0.1) is 0 Å². The van der Waals surface area contributed by atoms with Gasteiger partial charge < -0.3 is 10.8 Å². The predicted octanol–water partition coefficient (Wildman–Crippen LogP) is 1.22. The Hall–Kier alpha value is -0.900. The highest BCUT2D eigenvalue weighted by molar-refractivity contribution is 5.14. The van der Waals surface area contributed by atoms with E-state index in [-0.39, 0.29) is 18.7 Å². The summed E-state index contributed by atoms with van der Waals surface area (Å²) in [4.78, 5) is 2.11. The molecule has 0 aliphatic carbocycles. The Bertz CT molecular complexity index is 289. The lowest BCUT2D eigenvalue weighted by Crippen LogP contribution is -2.47. The van der Waals surface area contributed by atoms with Gasteiger partial charge in [-0.1, -0.05) is 37.3 Å². The van der Waals surface area contributed by atoms with E-state index < -0.39 is 0 Å². The molecule has 0 radical (unpaired) electrons. The number of nitrogens with zero attached hydrogens (tertiary/aromatic N) is 1. The molecule has 2 atom stereocenters. The zero-order valence-corrected chi connectivity index (χ0v) is 10.1. The van der Waals surface area contributed by atoms with Crippen LogP contribution in [0.5, 0.6) is 0 Å². The SMILES string of the molecule is CCC(N)C(CO)N(C)Cc1ccccc1. The third-order valence-electron chi connectivity index (χ3n) is 2.99. The second-order valence-electron chi connectivity index (χ2n) is 4.22. The number of benzene rings is 1. The Balaban J connectivity index is 2.59. The van der Waals surface area contributed by atoms with Crippen LogP contribution < -0.4 is 5.73 Å². The van der Waals surface area contributed by atoms with Gasteiger partial charge in [-0.3, -0.25) is 4.90 Å². The Morgan fingerprint density at radius 3 is 2.44 bits per heavy atom. The first kappa shape index (κ1) is 13.2. The molecule has 0 fully saturated rings. The predicted molar refractivity (Wildman–Crippen MR) is 67.0 cm³/mol. The lowest BCUT2D eigenvalue weighted by Gasteiger charge is -2.30. The van der Waals surface area contributed by atoms with Crippen molar-refractivity contribution >= 4 is 0 Å². The third-order valence-corrected chi connectivity index (χ3v) is 2.99. The molecule has 16 heavy (non-hydrogen) atoms. The number of aliphatic hydroxyl groups is 1. The fraction of sp³-hybridized carbons (Fsp3) is 0.538. The maximum absolute atomic E-state index is 9.35. The summed E-state index contributed by atoms with van der Waals surface area (Å²) in [5, 5.41) is 9.35. The summed E-state index contributed by atoms with van der Waals surface area (Å²) in [6.45, 7) is 2.97. The van der Waals surface area contributed by atoms with Crippen LogP contribution in [0.2, 0.25) is 0 Å². The summed E-state index contributed by atoms with van der Waals surface area (Å²) in [6.07, 6.45) is 0.879. The Kier molecular flexibility index (Phi) is 5.46. The van der Waals surface area contributed by atoms with Gasteiger partial charge in [0.05, 0.1) is 6.61 Å². The molecule has 1 aromatic rings. The first-order valence-electron chi connectivity index (χ1n) is 5.79. The number of hydrogen-bond donors (Lipinski definition) is 2. The molecule has 0 heterocycles. The second-order valence-corrected chi connectivity index (χ2v) is 4.22. The maximum atomic E-state index is 9.35. The summed E-state index contributed by atoms with van der Waals surface area (Å²) >= 11 is 0. The van der Waals surface area contributed by atoms with Crippen molar-refractivity contribution in [1.29, 1.82) is 0 Å². The van der Waals surface area contributed by atoms with E-state index in [9.17, 15) is 5.11 Å². The van der Waals surface area contributed by atoms with Crippen LogP contribution in [0.3, 0.4) is 0 Å². The van der Waals surface area contributed by atoms with Gasteiger partial charge >= 0.3 is 0 Å². The number of aliphatic hydroxyl groups excluding tert-OH is 1. The van der Waals surface area contributed by atoms with Crippen molar-refractivity contribution in [2.24, 2.45) is 5.73 Å². The highest BCUT2D eigenvalue weighted by Crippen LogP contribution is 2.09. The lowest BCUT2D eigenvalue weighted by molar-refractivity contribution is 0.120. The molecular weight excluding hydrogens is 200 g/mol. The van der Waals surface area contributed by atoms with Gasteiger partial charge in [0.1, 0.15) is 0 Å². The summed E-state index contributed by atoms with van der Waals surface area (Å²) in [7, 11) is 2.00. The van der Waals surface area contributed by atoms with Crippen molar-refractivity contribution in [3.8, 4) is 0 Å². The number of likely N-dealkylation sites (N-methyl/N-ethyl adjacent to an activating group) is 1. The first-order chi connectivity index (χ1) is 7.69. The molecule has 3 nitrogen and oxygen atoms in total. The Morgan fingerprint density at radius 2 is 1.94 bits per heavy atom. The molecule has 1 rings (SSSR count). The quantitative estimate of drug-likeness (QED) is 0.761. The van der Waals surface area contributed by atoms with E-state index in [1.807, 2.05) is 32.2 Å². The fourth-order valence-corrected chi connectivity index (χ4v) is 1.86. The van der Waals surface area contributed by atoms with Crippen molar-refractivity contribution in [2.45, 2.75) is 32.0 Å². The average molecular weight is 222 g/mol. The van der Waals surface area contributed by atoms with Crippen LogP contribution in [0.1, 0.15) is 18.9 Å². The van der Waals surface area contributed by atoms with Crippen LogP contribution in [0.15, 0.2) is 30.3 Å². The van der Waals surface area contributed by atoms with Crippen LogP contribution >= 0.6 is 0 Å². The maximum Gasteiger partial charge on any atom is 0.0601 e. The topological polar surface area (TPSA) is 49.5 Å². The summed E-state index contributed by atoms with van der Waals surface area (Å²) in [5.41, 5.74) is 7.22. The van der Waals surface area contributed by atoms with Gasteiger partial charge in [0, 0.05) is 18.6 Å². The largest absolute Gasteiger partial charge is 0.395 e. The smallest absolute Gasteiger partial charge is 0.0601 e. The molecule has 0 bridgehead atoms. The van der Waals surface area contributed by atoms with E-state index in [4.69, 9.17) is 5.73 Å². The molecule has 3 heteroatoms. The number of hydrogen-bond acceptors (Lipinski definition) is 3. The van der Waals surface area contributed by atoms with Gasteiger partial charge in [-0.25, -0.2) is 0 Å². The Morgan fingerprint density at radius 1 is 1.31 bits per heavy atom. The first-order valence-corrected chi connectivity index (χ1v) is 5.79. The molecule has 3 N–H and O–H groups in total. The van der Waals surface area contributed by atoms with Crippen molar-refractivity contribution < 1.29 is 5.11 Å². The fourth-order valence-electron chi connectivity index (χ4n) is 1.86. The van der Waals surface area contributed by atoms with E-state index in [2.05, 4.69) is 17.0 Å². The molecule has 0 saturated carbocycles.